The van der Waals surface area contributed by atoms with Gasteiger partial charge in [-0.2, -0.15) is 4.98 Å². The molecule has 0 spiro atoms. The molecule has 0 saturated carbocycles. The molecule has 90 valence electrons. The van der Waals surface area contributed by atoms with E-state index in [4.69, 9.17) is 20.9 Å². The molecule has 0 fully saturated rings. The highest BCUT2D eigenvalue weighted by Gasteiger charge is 2.11. The zero-order valence-corrected chi connectivity index (χ0v) is 10.2. The normalized spacial score (nSPS) is 12.4. The van der Waals surface area contributed by atoms with Gasteiger partial charge in [0.05, 0.1) is 6.61 Å². The Hall–Kier alpha value is -1.55. The van der Waals surface area contributed by atoms with Gasteiger partial charge >= 0.3 is 0 Å². The van der Waals surface area contributed by atoms with Crippen molar-refractivity contribution in [2.24, 2.45) is 0 Å². The van der Waals surface area contributed by atoms with Crippen LogP contribution in [0.1, 0.15) is 24.0 Å². The Morgan fingerprint density at radius 3 is 2.76 bits per heavy atom. The number of ether oxygens (including phenoxy) is 1. The first-order chi connectivity index (χ1) is 8.25. The fourth-order valence-electron chi connectivity index (χ4n) is 1.31. The Morgan fingerprint density at radius 2 is 2.12 bits per heavy atom. The Bertz CT molecular complexity index is 457. The number of halogens is 1. The summed E-state index contributed by atoms with van der Waals surface area (Å²) in [5.74, 6) is 1.90. The SMILES string of the molecule is CC(Cl)c1nc(CCOc2ccccc2)no1. The quantitative estimate of drug-likeness (QED) is 0.768. The summed E-state index contributed by atoms with van der Waals surface area (Å²) in [4.78, 5) is 4.15. The van der Waals surface area contributed by atoms with Crippen LogP contribution in [0.15, 0.2) is 34.9 Å². The van der Waals surface area contributed by atoms with Crippen molar-refractivity contribution >= 4 is 11.6 Å². The van der Waals surface area contributed by atoms with E-state index >= 15 is 0 Å². The summed E-state index contributed by atoms with van der Waals surface area (Å²) >= 11 is 5.82. The fraction of sp³-hybridized carbons (Fsp3) is 0.333. The van der Waals surface area contributed by atoms with Gasteiger partial charge in [-0.25, -0.2) is 0 Å². The predicted octanol–water partition coefficient (Wildman–Crippen LogP) is 2.99. The van der Waals surface area contributed by atoms with Crippen LogP contribution in [0.5, 0.6) is 5.75 Å². The van der Waals surface area contributed by atoms with Crippen molar-refractivity contribution < 1.29 is 9.26 Å². The van der Waals surface area contributed by atoms with Gasteiger partial charge in [-0.15, -0.1) is 11.6 Å². The maximum Gasteiger partial charge on any atom is 0.244 e. The van der Waals surface area contributed by atoms with E-state index in [9.17, 15) is 0 Å². The second-order valence-electron chi connectivity index (χ2n) is 3.58. The first-order valence-corrected chi connectivity index (χ1v) is 5.84. The molecule has 0 N–H and O–H groups in total. The highest BCUT2D eigenvalue weighted by atomic mass is 35.5. The van der Waals surface area contributed by atoms with E-state index in [0.29, 0.717) is 24.7 Å². The number of rotatable bonds is 5. The first-order valence-electron chi connectivity index (χ1n) is 5.40. The lowest BCUT2D eigenvalue weighted by Gasteiger charge is -2.02. The van der Waals surface area contributed by atoms with Crippen LogP contribution < -0.4 is 4.74 Å². The Morgan fingerprint density at radius 1 is 1.35 bits per heavy atom. The van der Waals surface area contributed by atoms with Crippen LogP contribution in [0.4, 0.5) is 0 Å². The molecule has 2 aromatic rings. The highest BCUT2D eigenvalue weighted by molar-refractivity contribution is 6.20. The maximum atomic E-state index is 5.82. The Labute approximate surface area is 105 Å². The van der Waals surface area contributed by atoms with Crippen LogP contribution in [0.25, 0.3) is 0 Å². The molecule has 0 aliphatic rings. The molecule has 1 atom stereocenters. The summed E-state index contributed by atoms with van der Waals surface area (Å²) in [6.07, 6.45) is 0.599. The minimum Gasteiger partial charge on any atom is -0.493 e. The van der Waals surface area contributed by atoms with Crippen molar-refractivity contribution in [3.8, 4) is 5.75 Å². The average Bonchev–Trinajstić information content (AvgIpc) is 2.79. The summed E-state index contributed by atoms with van der Waals surface area (Å²) < 4.78 is 10.5. The fourth-order valence-corrected chi connectivity index (χ4v) is 1.40. The number of benzene rings is 1. The van der Waals surface area contributed by atoms with Crippen LogP contribution in [0.2, 0.25) is 0 Å². The summed E-state index contributed by atoms with van der Waals surface area (Å²) in [7, 11) is 0. The molecule has 1 aromatic carbocycles. The van der Waals surface area contributed by atoms with Gasteiger partial charge in [0, 0.05) is 6.42 Å². The molecular formula is C12H13ClN2O2. The van der Waals surface area contributed by atoms with Crippen LogP contribution in [-0.4, -0.2) is 16.7 Å². The van der Waals surface area contributed by atoms with Crippen molar-refractivity contribution in [3.63, 3.8) is 0 Å². The molecule has 0 amide bonds. The topological polar surface area (TPSA) is 48.2 Å². The summed E-state index contributed by atoms with van der Waals surface area (Å²) in [6.45, 7) is 2.30. The van der Waals surface area contributed by atoms with Gasteiger partial charge in [-0.1, -0.05) is 23.4 Å². The minimum absolute atomic E-state index is 0.258. The average molecular weight is 253 g/mol. The molecule has 0 saturated heterocycles. The third kappa shape index (κ3) is 3.46. The second-order valence-corrected chi connectivity index (χ2v) is 4.23. The van der Waals surface area contributed by atoms with Crippen molar-refractivity contribution in [3.05, 3.63) is 42.0 Å². The molecule has 0 aliphatic carbocycles. The standard InChI is InChI=1S/C12H13ClN2O2/c1-9(13)12-14-11(15-17-12)7-8-16-10-5-3-2-4-6-10/h2-6,9H,7-8H2,1H3. The first kappa shape index (κ1) is 11.9. The zero-order chi connectivity index (χ0) is 12.1. The summed E-state index contributed by atoms with van der Waals surface area (Å²) in [5, 5.41) is 3.56. The Kier molecular flexibility index (Phi) is 3.98. The van der Waals surface area contributed by atoms with Gasteiger partial charge in [0.2, 0.25) is 5.89 Å². The van der Waals surface area contributed by atoms with E-state index in [1.54, 1.807) is 6.92 Å². The van der Waals surface area contributed by atoms with Crippen LogP contribution in [-0.2, 0) is 6.42 Å². The van der Waals surface area contributed by atoms with Crippen molar-refractivity contribution in [2.75, 3.05) is 6.61 Å². The molecule has 1 aromatic heterocycles. The molecule has 0 radical (unpaired) electrons. The smallest absolute Gasteiger partial charge is 0.244 e. The molecule has 1 unspecified atom stereocenters. The van der Waals surface area contributed by atoms with E-state index in [1.165, 1.54) is 0 Å². The van der Waals surface area contributed by atoms with Gasteiger partial charge in [-0.05, 0) is 19.1 Å². The van der Waals surface area contributed by atoms with Crippen molar-refractivity contribution in [2.45, 2.75) is 18.7 Å². The van der Waals surface area contributed by atoms with Gasteiger partial charge in [0.25, 0.3) is 0 Å². The third-order valence-electron chi connectivity index (χ3n) is 2.16. The number of para-hydroxylation sites is 1. The number of hydrogen-bond acceptors (Lipinski definition) is 4. The molecule has 4 nitrogen and oxygen atoms in total. The number of aromatic nitrogens is 2. The van der Waals surface area contributed by atoms with Gasteiger partial charge in [0.15, 0.2) is 5.82 Å². The molecule has 0 aliphatic heterocycles. The van der Waals surface area contributed by atoms with E-state index in [-0.39, 0.29) is 5.38 Å². The predicted molar refractivity (Wildman–Crippen MR) is 64.2 cm³/mol. The van der Waals surface area contributed by atoms with Crippen LogP contribution in [0.3, 0.4) is 0 Å². The van der Waals surface area contributed by atoms with Gasteiger partial charge < -0.3 is 9.26 Å². The highest BCUT2D eigenvalue weighted by Crippen LogP contribution is 2.16. The third-order valence-corrected chi connectivity index (χ3v) is 2.35. The number of alkyl halides is 1. The molecule has 1 heterocycles. The van der Waals surface area contributed by atoms with Gasteiger partial charge in [-0.3, -0.25) is 0 Å². The number of nitrogens with zero attached hydrogens (tertiary/aromatic N) is 2. The second kappa shape index (κ2) is 5.68. The maximum absolute atomic E-state index is 5.82. The lowest BCUT2D eigenvalue weighted by Crippen LogP contribution is -2.02. The molecule has 2 rings (SSSR count). The lowest BCUT2D eigenvalue weighted by molar-refractivity contribution is 0.313. The molecule has 0 bridgehead atoms. The minimum atomic E-state index is -0.258. The molecule has 17 heavy (non-hydrogen) atoms. The van der Waals surface area contributed by atoms with Gasteiger partial charge in [0.1, 0.15) is 11.1 Å². The van der Waals surface area contributed by atoms with E-state index in [0.717, 1.165) is 5.75 Å². The lowest BCUT2D eigenvalue weighted by atomic mass is 10.3. The van der Waals surface area contributed by atoms with Crippen LogP contribution in [0, 0.1) is 0 Å². The molecular weight excluding hydrogens is 240 g/mol. The van der Waals surface area contributed by atoms with Crippen molar-refractivity contribution in [1.29, 1.82) is 0 Å². The van der Waals surface area contributed by atoms with E-state index < -0.39 is 0 Å². The van der Waals surface area contributed by atoms with Crippen LogP contribution >= 0.6 is 11.6 Å². The zero-order valence-electron chi connectivity index (χ0n) is 9.47. The summed E-state index contributed by atoms with van der Waals surface area (Å²) in [6, 6.07) is 9.61. The van der Waals surface area contributed by atoms with E-state index in [2.05, 4.69) is 10.1 Å². The molecule has 5 heteroatoms. The Balaban J connectivity index is 1.82. The largest absolute Gasteiger partial charge is 0.493 e. The monoisotopic (exact) mass is 252 g/mol. The van der Waals surface area contributed by atoms with E-state index in [1.807, 2.05) is 30.3 Å². The number of hydrogen-bond donors (Lipinski definition) is 0. The van der Waals surface area contributed by atoms with Crippen molar-refractivity contribution in [1.82, 2.24) is 10.1 Å². The summed E-state index contributed by atoms with van der Waals surface area (Å²) in [5.41, 5.74) is 0.